The standard InChI is InChI=1S/C17H15F5N2O2/c1-10-2-4-12(7-13(10)19)24-16(25)8-23-14-6-11(18)3-5-15(14)26-9-17(20,21)22/h2-7,23H,8-9H2,1H3,(H,24,25). The van der Waals surface area contributed by atoms with Gasteiger partial charge in [0.1, 0.15) is 17.4 Å². The van der Waals surface area contributed by atoms with Gasteiger partial charge in [-0.15, -0.1) is 0 Å². The molecule has 26 heavy (non-hydrogen) atoms. The van der Waals surface area contributed by atoms with Gasteiger partial charge in [-0.05, 0) is 36.8 Å². The first-order valence-electron chi connectivity index (χ1n) is 7.43. The highest BCUT2D eigenvalue weighted by molar-refractivity contribution is 5.94. The van der Waals surface area contributed by atoms with Crippen LogP contribution >= 0.6 is 0 Å². The second-order valence-electron chi connectivity index (χ2n) is 5.41. The van der Waals surface area contributed by atoms with E-state index in [1.54, 1.807) is 6.92 Å². The number of nitrogens with one attached hydrogen (secondary N) is 2. The van der Waals surface area contributed by atoms with Gasteiger partial charge in [0.25, 0.3) is 0 Å². The lowest BCUT2D eigenvalue weighted by molar-refractivity contribution is -0.153. The minimum Gasteiger partial charge on any atom is -0.482 e. The van der Waals surface area contributed by atoms with Crippen molar-refractivity contribution in [1.82, 2.24) is 0 Å². The SMILES string of the molecule is Cc1ccc(NC(=O)CNc2cc(F)ccc2OCC(F)(F)F)cc1F. The zero-order valence-corrected chi connectivity index (χ0v) is 13.6. The summed E-state index contributed by atoms with van der Waals surface area (Å²) in [6.45, 7) is -0.377. The van der Waals surface area contributed by atoms with Crippen molar-refractivity contribution in [3.8, 4) is 5.75 Å². The van der Waals surface area contributed by atoms with Crippen LogP contribution in [0.15, 0.2) is 36.4 Å². The first kappa shape index (κ1) is 19.5. The largest absolute Gasteiger partial charge is 0.482 e. The molecule has 140 valence electrons. The Morgan fingerprint density at radius 1 is 1.12 bits per heavy atom. The Hall–Kier alpha value is -2.84. The van der Waals surface area contributed by atoms with Crippen LogP contribution in [-0.2, 0) is 4.79 Å². The molecule has 0 heterocycles. The number of halogens is 5. The minimum atomic E-state index is -4.56. The Morgan fingerprint density at radius 3 is 2.50 bits per heavy atom. The molecule has 0 saturated heterocycles. The van der Waals surface area contributed by atoms with Crippen LogP contribution in [0.2, 0.25) is 0 Å². The van der Waals surface area contributed by atoms with E-state index in [0.717, 1.165) is 24.3 Å². The second kappa shape index (κ2) is 8.03. The van der Waals surface area contributed by atoms with Crippen molar-refractivity contribution in [1.29, 1.82) is 0 Å². The first-order valence-corrected chi connectivity index (χ1v) is 7.43. The van der Waals surface area contributed by atoms with Crippen molar-refractivity contribution in [2.75, 3.05) is 23.8 Å². The molecule has 0 atom stereocenters. The molecule has 2 aromatic rings. The monoisotopic (exact) mass is 374 g/mol. The van der Waals surface area contributed by atoms with E-state index in [9.17, 15) is 26.7 Å². The molecule has 2 N–H and O–H groups in total. The fourth-order valence-electron chi connectivity index (χ4n) is 1.98. The minimum absolute atomic E-state index is 0.112. The maximum Gasteiger partial charge on any atom is 0.422 e. The van der Waals surface area contributed by atoms with Gasteiger partial charge in [0.05, 0.1) is 12.2 Å². The molecule has 0 unspecified atom stereocenters. The lowest BCUT2D eigenvalue weighted by Crippen LogP contribution is -2.23. The van der Waals surface area contributed by atoms with Gasteiger partial charge in [0, 0.05) is 11.8 Å². The molecule has 0 saturated carbocycles. The number of ether oxygens (including phenoxy) is 1. The molecular weight excluding hydrogens is 359 g/mol. The average molecular weight is 374 g/mol. The van der Waals surface area contributed by atoms with E-state index in [4.69, 9.17) is 0 Å². The van der Waals surface area contributed by atoms with Crippen molar-refractivity contribution in [2.24, 2.45) is 0 Å². The number of hydrogen-bond acceptors (Lipinski definition) is 3. The number of carbonyl (C=O) groups excluding carboxylic acids is 1. The average Bonchev–Trinajstić information content (AvgIpc) is 2.54. The highest BCUT2D eigenvalue weighted by Gasteiger charge is 2.28. The van der Waals surface area contributed by atoms with Crippen molar-refractivity contribution >= 4 is 17.3 Å². The Kier molecular flexibility index (Phi) is 6.01. The Balaban J connectivity index is 2.00. The number of aryl methyl sites for hydroxylation is 1. The summed E-state index contributed by atoms with van der Waals surface area (Å²) >= 11 is 0. The van der Waals surface area contributed by atoms with E-state index in [0.29, 0.717) is 5.56 Å². The van der Waals surface area contributed by atoms with Crippen molar-refractivity contribution in [2.45, 2.75) is 13.1 Å². The Bertz CT molecular complexity index is 793. The Labute approximate surface area is 146 Å². The van der Waals surface area contributed by atoms with Crippen LogP contribution < -0.4 is 15.4 Å². The normalized spacial score (nSPS) is 11.2. The van der Waals surface area contributed by atoms with Gasteiger partial charge in [-0.25, -0.2) is 8.78 Å². The fourth-order valence-corrected chi connectivity index (χ4v) is 1.98. The number of alkyl halides is 3. The van der Waals surface area contributed by atoms with E-state index in [1.165, 1.54) is 12.1 Å². The van der Waals surface area contributed by atoms with Gasteiger partial charge >= 0.3 is 6.18 Å². The molecule has 0 aromatic heterocycles. The van der Waals surface area contributed by atoms with Crippen LogP contribution in [0.25, 0.3) is 0 Å². The lowest BCUT2D eigenvalue weighted by atomic mass is 10.2. The number of amides is 1. The summed E-state index contributed by atoms with van der Waals surface area (Å²) in [4.78, 5) is 11.9. The van der Waals surface area contributed by atoms with Crippen molar-refractivity contribution in [3.63, 3.8) is 0 Å². The lowest BCUT2D eigenvalue weighted by Gasteiger charge is -2.14. The molecular formula is C17H15F5N2O2. The predicted octanol–water partition coefficient (Wildman–Crippen LogP) is 4.26. The summed E-state index contributed by atoms with van der Waals surface area (Å²) in [7, 11) is 0. The molecule has 0 aliphatic heterocycles. The highest BCUT2D eigenvalue weighted by atomic mass is 19.4. The highest BCUT2D eigenvalue weighted by Crippen LogP contribution is 2.27. The van der Waals surface area contributed by atoms with E-state index in [1.807, 2.05) is 0 Å². The third-order valence-corrected chi connectivity index (χ3v) is 3.23. The van der Waals surface area contributed by atoms with Crippen LogP contribution in [0.5, 0.6) is 5.75 Å². The van der Waals surface area contributed by atoms with E-state index < -0.39 is 30.3 Å². The van der Waals surface area contributed by atoms with Crippen LogP contribution in [0.4, 0.5) is 33.3 Å². The van der Waals surface area contributed by atoms with E-state index in [2.05, 4.69) is 15.4 Å². The maximum absolute atomic E-state index is 13.4. The first-order chi connectivity index (χ1) is 12.1. The molecule has 0 bridgehead atoms. The number of benzene rings is 2. The van der Waals surface area contributed by atoms with Crippen LogP contribution in [-0.4, -0.2) is 25.2 Å². The van der Waals surface area contributed by atoms with Gasteiger partial charge in [0.15, 0.2) is 6.61 Å². The molecule has 4 nitrogen and oxygen atoms in total. The van der Waals surface area contributed by atoms with Crippen LogP contribution in [0.1, 0.15) is 5.56 Å². The predicted molar refractivity (Wildman–Crippen MR) is 86.2 cm³/mol. The molecule has 9 heteroatoms. The number of carbonyl (C=O) groups is 1. The number of hydrogen-bond donors (Lipinski definition) is 2. The van der Waals surface area contributed by atoms with E-state index in [-0.39, 0.29) is 23.7 Å². The quantitative estimate of drug-likeness (QED) is 0.743. The molecule has 0 fully saturated rings. The van der Waals surface area contributed by atoms with Gasteiger partial charge in [0.2, 0.25) is 5.91 Å². The zero-order valence-electron chi connectivity index (χ0n) is 13.6. The van der Waals surface area contributed by atoms with Crippen LogP contribution in [0.3, 0.4) is 0 Å². The number of anilines is 2. The third-order valence-electron chi connectivity index (χ3n) is 3.23. The summed E-state index contributed by atoms with van der Waals surface area (Å²) in [6, 6.07) is 6.98. The topological polar surface area (TPSA) is 50.4 Å². The van der Waals surface area contributed by atoms with Crippen LogP contribution in [0, 0.1) is 18.6 Å². The molecule has 2 aromatic carbocycles. The summed E-state index contributed by atoms with van der Waals surface area (Å²) in [5.41, 5.74) is 0.513. The maximum atomic E-state index is 13.4. The fraction of sp³-hybridized carbons (Fsp3) is 0.235. The molecule has 1 amide bonds. The molecule has 0 aliphatic rings. The summed E-state index contributed by atoms with van der Waals surface area (Å²) in [6.07, 6.45) is -4.56. The third kappa shape index (κ3) is 5.91. The smallest absolute Gasteiger partial charge is 0.422 e. The van der Waals surface area contributed by atoms with Gasteiger partial charge in [-0.1, -0.05) is 6.07 Å². The van der Waals surface area contributed by atoms with Gasteiger partial charge < -0.3 is 15.4 Å². The summed E-state index contributed by atoms with van der Waals surface area (Å²) in [5.74, 6) is -2.06. The molecule has 0 aliphatic carbocycles. The number of rotatable bonds is 6. The van der Waals surface area contributed by atoms with Gasteiger partial charge in [-0.3, -0.25) is 4.79 Å². The van der Waals surface area contributed by atoms with E-state index >= 15 is 0 Å². The Morgan fingerprint density at radius 2 is 1.85 bits per heavy atom. The summed E-state index contributed by atoms with van der Waals surface area (Å²) in [5, 5.41) is 4.91. The van der Waals surface area contributed by atoms with Crippen molar-refractivity contribution < 1.29 is 31.5 Å². The second-order valence-corrected chi connectivity index (χ2v) is 5.41. The summed E-state index contributed by atoms with van der Waals surface area (Å²) < 4.78 is 68.1. The van der Waals surface area contributed by atoms with Crippen molar-refractivity contribution in [3.05, 3.63) is 53.6 Å². The molecule has 2 rings (SSSR count). The molecule has 0 radical (unpaired) electrons. The van der Waals surface area contributed by atoms with Gasteiger partial charge in [-0.2, -0.15) is 13.2 Å². The zero-order chi connectivity index (χ0) is 19.3. The molecule has 0 spiro atoms.